The lowest BCUT2D eigenvalue weighted by Gasteiger charge is -2.27. The van der Waals surface area contributed by atoms with Gasteiger partial charge in [0.1, 0.15) is 0 Å². The van der Waals surface area contributed by atoms with E-state index in [0.29, 0.717) is 23.9 Å². The van der Waals surface area contributed by atoms with Gasteiger partial charge in [-0.1, -0.05) is 6.92 Å². The molecule has 8 heteroatoms. The largest absolute Gasteiger partial charge is 0.416 e. The summed E-state index contributed by atoms with van der Waals surface area (Å²) in [6.07, 6.45) is -1.39. The number of halogens is 3. The van der Waals surface area contributed by atoms with Crippen LogP contribution in [-0.2, 0) is 15.8 Å². The fourth-order valence-corrected chi connectivity index (χ4v) is 4.34. The van der Waals surface area contributed by atoms with Crippen molar-refractivity contribution in [1.29, 1.82) is 0 Å². The van der Waals surface area contributed by atoms with Crippen LogP contribution in [0.15, 0.2) is 23.1 Å². The minimum Gasteiger partial charge on any atom is -0.343 e. The van der Waals surface area contributed by atoms with Crippen LogP contribution in [-0.4, -0.2) is 35.1 Å². The van der Waals surface area contributed by atoms with E-state index in [1.54, 1.807) is 4.90 Å². The van der Waals surface area contributed by atoms with Crippen molar-refractivity contribution in [2.75, 3.05) is 18.4 Å². The number of fused-ring (bicyclic) bond motifs is 1. The Morgan fingerprint density at radius 1 is 1.31 bits per heavy atom. The molecule has 2 aliphatic heterocycles. The van der Waals surface area contributed by atoms with Gasteiger partial charge in [-0.3, -0.25) is 9.59 Å². The first-order chi connectivity index (χ1) is 12.2. The number of alkyl halides is 3. The van der Waals surface area contributed by atoms with Crippen molar-refractivity contribution >= 4 is 29.3 Å². The number of nitrogens with zero attached hydrogens (tertiary/aromatic N) is 1. The summed E-state index contributed by atoms with van der Waals surface area (Å²) in [5.74, 6) is 0.107. The summed E-state index contributed by atoms with van der Waals surface area (Å²) < 4.78 is 38.4. The number of amides is 2. The van der Waals surface area contributed by atoms with Gasteiger partial charge in [-0.2, -0.15) is 13.2 Å². The molecule has 1 saturated heterocycles. The number of carbonyl (C=O) groups excluding carboxylic acids is 2. The number of hydrogen-bond acceptors (Lipinski definition) is 3. The van der Waals surface area contributed by atoms with Crippen LogP contribution in [0.1, 0.15) is 38.2 Å². The molecule has 2 atom stereocenters. The predicted molar refractivity (Wildman–Crippen MR) is 93.9 cm³/mol. The molecule has 1 fully saturated rings. The zero-order chi connectivity index (χ0) is 18.9. The highest BCUT2D eigenvalue weighted by Crippen LogP contribution is 2.40. The summed E-state index contributed by atoms with van der Waals surface area (Å²) in [6.45, 7) is 3.57. The Bertz CT molecular complexity index is 708. The van der Waals surface area contributed by atoms with Gasteiger partial charge in [0, 0.05) is 24.4 Å². The first-order valence-electron chi connectivity index (χ1n) is 8.70. The van der Waals surface area contributed by atoms with Crippen molar-refractivity contribution in [2.24, 2.45) is 5.92 Å². The average Bonchev–Trinajstić information content (AvgIpc) is 2.79. The van der Waals surface area contributed by atoms with Gasteiger partial charge in [-0.25, -0.2) is 0 Å². The smallest absolute Gasteiger partial charge is 0.343 e. The molecule has 1 N–H and O–H groups in total. The first kappa shape index (κ1) is 19.1. The summed E-state index contributed by atoms with van der Waals surface area (Å²) in [7, 11) is 0. The third kappa shape index (κ3) is 4.34. The number of benzene rings is 1. The third-order valence-electron chi connectivity index (χ3n) is 4.86. The van der Waals surface area contributed by atoms with Crippen molar-refractivity contribution in [1.82, 2.24) is 4.90 Å². The zero-order valence-corrected chi connectivity index (χ0v) is 15.3. The topological polar surface area (TPSA) is 49.4 Å². The predicted octanol–water partition coefficient (Wildman–Crippen LogP) is 4.16. The van der Waals surface area contributed by atoms with Crippen molar-refractivity contribution in [2.45, 2.75) is 48.9 Å². The molecule has 2 aliphatic rings. The lowest BCUT2D eigenvalue weighted by molar-refractivity contribution is -0.137. The molecular formula is C18H21F3N2O2S. The fourth-order valence-electron chi connectivity index (χ4n) is 3.26. The average molecular weight is 386 g/mol. The van der Waals surface area contributed by atoms with Gasteiger partial charge in [0.15, 0.2) is 0 Å². The summed E-state index contributed by atoms with van der Waals surface area (Å²) >= 11 is 1.16. The van der Waals surface area contributed by atoms with E-state index in [9.17, 15) is 22.8 Å². The van der Waals surface area contributed by atoms with Crippen LogP contribution in [0, 0.1) is 5.92 Å². The molecule has 0 aromatic heterocycles. The molecule has 0 radical (unpaired) electrons. The van der Waals surface area contributed by atoms with Gasteiger partial charge < -0.3 is 10.2 Å². The number of thioether (sulfide) groups is 1. The summed E-state index contributed by atoms with van der Waals surface area (Å²) in [5.41, 5.74) is -0.646. The van der Waals surface area contributed by atoms with Crippen LogP contribution in [0.3, 0.4) is 0 Å². The second-order valence-electron chi connectivity index (χ2n) is 6.93. The first-order valence-corrected chi connectivity index (χ1v) is 9.58. The molecule has 0 bridgehead atoms. The third-order valence-corrected chi connectivity index (χ3v) is 6.13. The molecule has 0 spiro atoms. The van der Waals surface area contributed by atoms with E-state index in [-0.39, 0.29) is 18.0 Å². The molecule has 142 valence electrons. The zero-order valence-electron chi connectivity index (χ0n) is 14.4. The molecular weight excluding hydrogens is 365 g/mol. The van der Waals surface area contributed by atoms with Crippen molar-refractivity contribution in [3.05, 3.63) is 23.8 Å². The van der Waals surface area contributed by atoms with Gasteiger partial charge in [0.05, 0.1) is 16.5 Å². The van der Waals surface area contributed by atoms with Crippen molar-refractivity contribution < 1.29 is 22.8 Å². The van der Waals surface area contributed by atoms with E-state index in [1.807, 2.05) is 0 Å². The van der Waals surface area contributed by atoms with Gasteiger partial charge in [-0.15, -0.1) is 11.8 Å². The lowest BCUT2D eigenvalue weighted by Crippen LogP contribution is -2.38. The van der Waals surface area contributed by atoms with Gasteiger partial charge in [0.25, 0.3) is 0 Å². The van der Waals surface area contributed by atoms with Gasteiger partial charge >= 0.3 is 6.18 Å². The molecule has 2 unspecified atom stereocenters. The maximum absolute atomic E-state index is 12.8. The maximum atomic E-state index is 12.8. The molecule has 1 aromatic rings. The minimum absolute atomic E-state index is 0.0609. The van der Waals surface area contributed by atoms with Crippen LogP contribution >= 0.6 is 11.8 Å². The maximum Gasteiger partial charge on any atom is 0.416 e. The molecule has 2 heterocycles. The highest BCUT2D eigenvalue weighted by atomic mass is 32.2. The second kappa shape index (κ2) is 7.50. The lowest BCUT2D eigenvalue weighted by atomic mass is 10.0. The Labute approximate surface area is 154 Å². The Morgan fingerprint density at radius 3 is 2.81 bits per heavy atom. The van der Waals surface area contributed by atoms with Crippen LogP contribution in [0.2, 0.25) is 0 Å². The normalized spacial score (nSPS) is 23.8. The second-order valence-corrected chi connectivity index (χ2v) is 8.17. The van der Waals surface area contributed by atoms with Crippen molar-refractivity contribution in [3.8, 4) is 0 Å². The van der Waals surface area contributed by atoms with E-state index in [0.717, 1.165) is 43.2 Å². The number of nitrogens with one attached hydrogen (secondary N) is 1. The van der Waals surface area contributed by atoms with Crippen molar-refractivity contribution in [3.63, 3.8) is 0 Å². The molecule has 0 saturated carbocycles. The summed E-state index contributed by atoms with van der Waals surface area (Å²) in [5, 5.41) is 1.90. The van der Waals surface area contributed by atoms with E-state index in [2.05, 4.69) is 12.2 Å². The number of hydrogen-bond donors (Lipinski definition) is 1. The summed E-state index contributed by atoms with van der Waals surface area (Å²) in [4.78, 5) is 27.2. The van der Waals surface area contributed by atoms with Crippen LogP contribution < -0.4 is 5.32 Å². The fraction of sp³-hybridized carbons (Fsp3) is 0.556. The Balaban J connectivity index is 1.67. The van der Waals surface area contributed by atoms with E-state index < -0.39 is 22.9 Å². The summed E-state index contributed by atoms with van der Waals surface area (Å²) in [6, 6.07) is 3.29. The highest BCUT2D eigenvalue weighted by Gasteiger charge is 2.35. The van der Waals surface area contributed by atoms with Gasteiger partial charge in [-0.05, 0) is 43.4 Å². The molecule has 1 aromatic carbocycles. The quantitative estimate of drug-likeness (QED) is 0.831. The van der Waals surface area contributed by atoms with Gasteiger partial charge in [0.2, 0.25) is 11.8 Å². The Kier molecular flexibility index (Phi) is 5.50. The number of likely N-dealkylation sites (tertiary alicyclic amines) is 1. The standard InChI is InChI=1S/C18H21F3N2O2S/c1-11-3-2-7-23(8-6-11)16(24)10-15-17(25)22-13-9-12(18(19,20)21)4-5-14(13)26-15/h4-5,9,11,15H,2-3,6-8,10H2,1H3,(H,22,25). The Hall–Kier alpha value is -1.70. The SMILES string of the molecule is CC1CCCN(C(=O)CC2Sc3ccc(C(F)(F)F)cc3NC2=O)CC1. The molecule has 26 heavy (non-hydrogen) atoms. The molecule has 2 amide bonds. The van der Waals surface area contributed by atoms with E-state index in [4.69, 9.17) is 0 Å². The number of rotatable bonds is 2. The van der Waals surface area contributed by atoms with E-state index in [1.165, 1.54) is 6.07 Å². The van der Waals surface area contributed by atoms with E-state index >= 15 is 0 Å². The molecule has 3 rings (SSSR count). The monoisotopic (exact) mass is 386 g/mol. The van der Waals surface area contributed by atoms with Crippen LogP contribution in [0.5, 0.6) is 0 Å². The van der Waals surface area contributed by atoms with Crippen LogP contribution in [0.4, 0.5) is 18.9 Å². The molecule has 4 nitrogen and oxygen atoms in total. The minimum atomic E-state index is -4.46. The highest BCUT2D eigenvalue weighted by molar-refractivity contribution is 8.01. The molecule has 0 aliphatic carbocycles. The number of carbonyl (C=O) groups is 2. The van der Waals surface area contributed by atoms with Crippen LogP contribution in [0.25, 0.3) is 0 Å². The Morgan fingerprint density at radius 2 is 2.08 bits per heavy atom. The number of anilines is 1.